The van der Waals surface area contributed by atoms with E-state index in [0.29, 0.717) is 33.9 Å². The predicted molar refractivity (Wildman–Crippen MR) is 111 cm³/mol. The Kier molecular flexibility index (Phi) is 6.74. The molecule has 2 aliphatic rings. The number of nitrogens with one attached hydrogen (secondary N) is 1. The van der Waals surface area contributed by atoms with Crippen molar-refractivity contribution in [3.63, 3.8) is 0 Å². The molecule has 5 nitrogen and oxygen atoms in total. The lowest BCUT2D eigenvalue weighted by Crippen LogP contribution is -2.40. The van der Waals surface area contributed by atoms with Gasteiger partial charge < -0.3 is 10.1 Å². The molecule has 28 heavy (non-hydrogen) atoms. The highest BCUT2D eigenvalue weighted by molar-refractivity contribution is 6.31. The monoisotopic (exact) mass is 399 g/mol. The molecule has 1 aromatic rings. The minimum absolute atomic E-state index is 0.0818. The highest BCUT2D eigenvalue weighted by atomic mass is 35.5. The lowest BCUT2D eigenvalue weighted by molar-refractivity contribution is -0.118. The number of hydrogen-bond donors (Lipinski definition) is 1. The standard InChI is InChI=1S/C22H26ClN3O2/c1-14(2)16-4-10-21(25-13-16)22(27)26-17-5-8-18(9-6-17)28-19-7-3-15(12-24)20(23)11-19/h3,7,10-11,13-14,16-18H,4-6,8-9H2,1-2H3,(H,26,27). The Morgan fingerprint density at radius 2 is 2.07 bits per heavy atom. The molecule has 1 aromatic carbocycles. The minimum Gasteiger partial charge on any atom is -0.490 e. The highest BCUT2D eigenvalue weighted by Gasteiger charge is 2.25. The summed E-state index contributed by atoms with van der Waals surface area (Å²) in [6.07, 6.45) is 8.28. The van der Waals surface area contributed by atoms with E-state index in [9.17, 15) is 4.79 Å². The summed E-state index contributed by atoms with van der Waals surface area (Å²) in [7, 11) is 0. The van der Waals surface area contributed by atoms with Gasteiger partial charge in [-0.3, -0.25) is 9.79 Å². The smallest absolute Gasteiger partial charge is 0.269 e. The number of amides is 1. The van der Waals surface area contributed by atoms with E-state index in [1.165, 1.54) is 0 Å². The molecule has 1 amide bonds. The molecule has 1 aliphatic carbocycles. The number of nitrogens with zero attached hydrogens (tertiary/aromatic N) is 2. The number of carbonyl (C=O) groups is 1. The lowest BCUT2D eigenvalue weighted by Gasteiger charge is -2.30. The molecule has 0 saturated heterocycles. The van der Waals surface area contributed by atoms with E-state index in [2.05, 4.69) is 24.2 Å². The molecule has 0 radical (unpaired) electrons. The Balaban J connectivity index is 1.45. The zero-order chi connectivity index (χ0) is 20.1. The Morgan fingerprint density at radius 1 is 1.32 bits per heavy atom. The van der Waals surface area contributed by atoms with Gasteiger partial charge >= 0.3 is 0 Å². The number of aliphatic imine (C=N–C) groups is 1. The van der Waals surface area contributed by atoms with E-state index >= 15 is 0 Å². The number of benzene rings is 1. The summed E-state index contributed by atoms with van der Waals surface area (Å²) in [6, 6.07) is 7.32. The largest absolute Gasteiger partial charge is 0.490 e. The summed E-state index contributed by atoms with van der Waals surface area (Å²) < 4.78 is 6.00. The second-order valence-electron chi connectivity index (χ2n) is 7.83. The van der Waals surface area contributed by atoms with Crippen LogP contribution < -0.4 is 10.1 Å². The average molecular weight is 400 g/mol. The minimum atomic E-state index is -0.0818. The van der Waals surface area contributed by atoms with Crippen molar-refractivity contribution in [3.8, 4) is 11.8 Å². The molecule has 1 fully saturated rings. The van der Waals surface area contributed by atoms with Crippen LogP contribution in [0, 0.1) is 23.2 Å². The number of nitriles is 1. The van der Waals surface area contributed by atoms with Crippen molar-refractivity contribution in [2.45, 2.75) is 58.1 Å². The maximum Gasteiger partial charge on any atom is 0.269 e. The fourth-order valence-electron chi connectivity index (χ4n) is 3.57. The van der Waals surface area contributed by atoms with Gasteiger partial charge in [0.25, 0.3) is 5.91 Å². The normalized spacial score (nSPS) is 24.4. The molecule has 1 heterocycles. The molecule has 1 unspecified atom stereocenters. The van der Waals surface area contributed by atoms with Gasteiger partial charge in [-0.1, -0.05) is 31.5 Å². The van der Waals surface area contributed by atoms with Gasteiger partial charge in [0.1, 0.15) is 17.5 Å². The molecule has 1 atom stereocenters. The first-order chi connectivity index (χ1) is 13.5. The summed E-state index contributed by atoms with van der Waals surface area (Å²) in [5, 5.41) is 12.5. The summed E-state index contributed by atoms with van der Waals surface area (Å²) >= 11 is 6.06. The van der Waals surface area contributed by atoms with E-state index in [-0.39, 0.29) is 18.1 Å². The summed E-state index contributed by atoms with van der Waals surface area (Å²) in [6.45, 7) is 4.34. The van der Waals surface area contributed by atoms with Crippen LogP contribution in [0.2, 0.25) is 5.02 Å². The maximum atomic E-state index is 12.4. The molecule has 1 aliphatic heterocycles. The van der Waals surface area contributed by atoms with Crippen molar-refractivity contribution in [2.24, 2.45) is 16.8 Å². The van der Waals surface area contributed by atoms with Crippen LogP contribution in [-0.4, -0.2) is 24.3 Å². The van der Waals surface area contributed by atoms with Crippen LogP contribution in [0.25, 0.3) is 0 Å². The number of halogens is 1. The van der Waals surface area contributed by atoms with Crippen molar-refractivity contribution in [3.05, 3.63) is 40.6 Å². The third-order valence-electron chi connectivity index (χ3n) is 5.45. The molecular formula is C22H26ClN3O2. The summed E-state index contributed by atoms with van der Waals surface area (Å²) in [5.74, 6) is 1.55. The van der Waals surface area contributed by atoms with Crippen molar-refractivity contribution in [1.82, 2.24) is 5.32 Å². The van der Waals surface area contributed by atoms with Crippen LogP contribution >= 0.6 is 11.6 Å². The van der Waals surface area contributed by atoms with Crippen molar-refractivity contribution in [1.29, 1.82) is 5.26 Å². The van der Waals surface area contributed by atoms with Crippen LogP contribution in [-0.2, 0) is 4.79 Å². The number of ether oxygens (including phenoxy) is 1. The van der Waals surface area contributed by atoms with Gasteiger partial charge in [-0.25, -0.2) is 0 Å². The van der Waals surface area contributed by atoms with Gasteiger partial charge in [0.15, 0.2) is 0 Å². The average Bonchev–Trinajstić information content (AvgIpc) is 2.69. The number of allylic oxidation sites excluding steroid dienone is 1. The Bertz CT molecular complexity index is 818. The van der Waals surface area contributed by atoms with Gasteiger partial charge in [0, 0.05) is 24.2 Å². The van der Waals surface area contributed by atoms with Crippen LogP contribution in [0.3, 0.4) is 0 Å². The van der Waals surface area contributed by atoms with Crippen molar-refractivity contribution in [2.75, 3.05) is 0 Å². The Labute approximate surface area is 171 Å². The fourth-order valence-corrected chi connectivity index (χ4v) is 3.78. The predicted octanol–water partition coefficient (Wildman–Crippen LogP) is 4.65. The lowest BCUT2D eigenvalue weighted by atomic mass is 9.91. The first-order valence-corrected chi connectivity index (χ1v) is 10.3. The van der Waals surface area contributed by atoms with Crippen molar-refractivity contribution < 1.29 is 9.53 Å². The molecule has 1 saturated carbocycles. The molecule has 1 N–H and O–H groups in total. The van der Waals surface area contributed by atoms with E-state index in [0.717, 1.165) is 32.1 Å². The van der Waals surface area contributed by atoms with Gasteiger partial charge in [-0.15, -0.1) is 0 Å². The third kappa shape index (κ3) is 5.14. The quantitative estimate of drug-likeness (QED) is 0.783. The molecule has 148 valence electrons. The molecule has 0 bridgehead atoms. The summed E-state index contributed by atoms with van der Waals surface area (Å²) in [4.78, 5) is 16.8. The van der Waals surface area contributed by atoms with E-state index in [4.69, 9.17) is 21.6 Å². The van der Waals surface area contributed by atoms with Crippen LogP contribution in [0.4, 0.5) is 0 Å². The van der Waals surface area contributed by atoms with E-state index in [1.807, 2.05) is 18.4 Å². The van der Waals surface area contributed by atoms with Gasteiger partial charge in [-0.2, -0.15) is 5.26 Å². The van der Waals surface area contributed by atoms with Crippen LogP contribution in [0.15, 0.2) is 35.0 Å². The van der Waals surface area contributed by atoms with Crippen LogP contribution in [0.1, 0.15) is 51.5 Å². The second kappa shape index (κ2) is 9.25. The number of hydrogen-bond acceptors (Lipinski definition) is 4. The van der Waals surface area contributed by atoms with Gasteiger partial charge in [0.2, 0.25) is 0 Å². The number of carbonyl (C=O) groups excluding carboxylic acids is 1. The van der Waals surface area contributed by atoms with Gasteiger partial charge in [0.05, 0.1) is 16.7 Å². The SMILES string of the molecule is CC(C)C1C=NC(C(=O)NC2CCC(Oc3ccc(C#N)c(Cl)c3)CC2)=CC1. The van der Waals surface area contributed by atoms with Crippen molar-refractivity contribution >= 4 is 23.7 Å². The fraction of sp³-hybridized carbons (Fsp3) is 0.500. The van der Waals surface area contributed by atoms with Crippen LogP contribution in [0.5, 0.6) is 5.75 Å². The highest BCUT2D eigenvalue weighted by Crippen LogP contribution is 2.27. The Hall–Kier alpha value is -2.32. The molecule has 6 heteroatoms. The topological polar surface area (TPSA) is 74.5 Å². The molecule has 0 spiro atoms. The third-order valence-corrected chi connectivity index (χ3v) is 5.76. The van der Waals surface area contributed by atoms with E-state index in [1.54, 1.807) is 18.2 Å². The maximum absolute atomic E-state index is 12.4. The zero-order valence-electron chi connectivity index (χ0n) is 16.3. The first kappa shape index (κ1) is 20.4. The summed E-state index contributed by atoms with van der Waals surface area (Å²) in [5.41, 5.74) is 0.974. The molecule has 0 aromatic heterocycles. The Morgan fingerprint density at radius 3 is 2.64 bits per heavy atom. The first-order valence-electron chi connectivity index (χ1n) is 9.87. The molecule has 3 rings (SSSR count). The molecular weight excluding hydrogens is 374 g/mol. The van der Waals surface area contributed by atoms with Gasteiger partial charge in [-0.05, 0) is 50.2 Å². The second-order valence-corrected chi connectivity index (χ2v) is 8.24. The zero-order valence-corrected chi connectivity index (χ0v) is 17.1. The number of rotatable bonds is 5. The van der Waals surface area contributed by atoms with E-state index < -0.39 is 0 Å².